The SMILES string of the molecule is CCC(CC(N)=NO)NC(=O)CC(C)C(C)(C)C. The maximum atomic E-state index is 11.9. The normalized spacial score (nSPS) is 16.2. The number of rotatable bonds is 6. The van der Waals surface area contributed by atoms with E-state index in [0.29, 0.717) is 18.8 Å². The maximum absolute atomic E-state index is 11.9. The molecule has 0 aliphatic rings. The highest BCUT2D eigenvalue weighted by Crippen LogP contribution is 2.27. The predicted octanol–water partition coefficient (Wildman–Crippen LogP) is 2.09. The molecule has 5 nitrogen and oxygen atoms in total. The summed E-state index contributed by atoms with van der Waals surface area (Å²) in [6.45, 7) is 10.4. The van der Waals surface area contributed by atoms with E-state index in [1.807, 2.05) is 6.92 Å². The second-order valence-corrected chi connectivity index (χ2v) is 5.94. The highest BCUT2D eigenvalue weighted by atomic mass is 16.4. The summed E-state index contributed by atoms with van der Waals surface area (Å²) < 4.78 is 0. The van der Waals surface area contributed by atoms with Crippen molar-refractivity contribution in [1.82, 2.24) is 5.32 Å². The number of nitrogens with zero attached hydrogens (tertiary/aromatic N) is 1. The molecule has 0 rings (SSSR count). The molecule has 106 valence electrons. The first-order valence-corrected chi connectivity index (χ1v) is 6.46. The summed E-state index contributed by atoms with van der Waals surface area (Å²) in [6.07, 6.45) is 1.63. The van der Waals surface area contributed by atoms with Gasteiger partial charge in [-0.15, -0.1) is 0 Å². The molecule has 18 heavy (non-hydrogen) atoms. The molecule has 0 bridgehead atoms. The zero-order valence-electron chi connectivity index (χ0n) is 12.2. The van der Waals surface area contributed by atoms with Gasteiger partial charge in [-0.3, -0.25) is 4.79 Å². The van der Waals surface area contributed by atoms with Gasteiger partial charge in [0.1, 0.15) is 5.84 Å². The Labute approximate surface area is 110 Å². The van der Waals surface area contributed by atoms with Gasteiger partial charge in [0.05, 0.1) is 0 Å². The number of hydrogen-bond acceptors (Lipinski definition) is 3. The molecule has 0 aromatic rings. The first kappa shape index (κ1) is 16.7. The van der Waals surface area contributed by atoms with E-state index in [4.69, 9.17) is 10.9 Å². The summed E-state index contributed by atoms with van der Waals surface area (Å²) >= 11 is 0. The van der Waals surface area contributed by atoms with Crippen LogP contribution in [0.4, 0.5) is 0 Å². The van der Waals surface area contributed by atoms with Crippen molar-refractivity contribution in [1.29, 1.82) is 0 Å². The molecule has 0 spiro atoms. The second kappa shape index (κ2) is 7.24. The lowest BCUT2D eigenvalue weighted by Crippen LogP contribution is -2.39. The predicted molar refractivity (Wildman–Crippen MR) is 73.5 cm³/mol. The largest absolute Gasteiger partial charge is 0.409 e. The quantitative estimate of drug-likeness (QED) is 0.295. The number of carbonyl (C=O) groups is 1. The highest BCUT2D eigenvalue weighted by molar-refractivity contribution is 5.82. The average molecular weight is 257 g/mol. The molecule has 1 amide bonds. The van der Waals surface area contributed by atoms with Crippen LogP contribution in [0.5, 0.6) is 0 Å². The monoisotopic (exact) mass is 257 g/mol. The van der Waals surface area contributed by atoms with Crippen molar-refractivity contribution in [2.24, 2.45) is 22.2 Å². The van der Waals surface area contributed by atoms with Gasteiger partial charge in [-0.05, 0) is 17.8 Å². The van der Waals surface area contributed by atoms with Gasteiger partial charge in [0, 0.05) is 18.9 Å². The van der Waals surface area contributed by atoms with Crippen LogP contribution in [-0.4, -0.2) is 23.0 Å². The van der Waals surface area contributed by atoms with Gasteiger partial charge in [0.2, 0.25) is 5.91 Å². The Morgan fingerprint density at radius 1 is 1.39 bits per heavy atom. The van der Waals surface area contributed by atoms with Gasteiger partial charge in [-0.25, -0.2) is 0 Å². The van der Waals surface area contributed by atoms with E-state index < -0.39 is 0 Å². The van der Waals surface area contributed by atoms with Crippen LogP contribution in [0.1, 0.15) is 53.9 Å². The highest BCUT2D eigenvalue weighted by Gasteiger charge is 2.23. The van der Waals surface area contributed by atoms with Crippen LogP contribution in [0.15, 0.2) is 5.16 Å². The Bertz CT molecular complexity index is 295. The van der Waals surface area contributed by atoms with E-state index >= 15 is 0 Å². The number of oxime groups is 1. The van der Waals surface area contributed by atoms with E-state index in [0.717, 1.165) is 6.42 Å². The third-order valence-electron chi connectivity index (χ3n) is 3.41. The summed E-state index contributed by atoms with van der Waals surface area (Å²) in [4.78, 5) is 11.9. The summed E-state index contributed by atoms with van der Waals surface area (Å²) in [5.74, 6) is 0.472. The number of carbonyl (C=O) groups excluding carboxylic acids is 1. The van der Waals surface area contributed by atoms with Gasteiger partial charge in [0.15, 0.2) is 0 Å². The Morgan fingerprint density at radius 2 is 1.94 bits per heavy atom. The molecule has 0 heterocycles. The minimum atomic E-state index is -0.0689. The number of amides is 1. The van der Waals surface area contributed by atoms with Crippen molar-refractivity contribution in [3.63, 3.8) is 0 Å². The minimum absolute atomic E-state index is 0.0232. The maximum Gasteiger partial charge on any atom is 0.220 e. The molecular formula is C13H27N3O2. The summed E-state index contributed by atoms with van der Waals surface area (Å²) in [5.41, 5.74) is 5.56. The van der Waals surface area contributed by atoms with Gasteiger partial charge in [0.25, 0.3) is 0 Å². The molecule has 0 radical (unpaired) electrons. The lowest BCUT2D eigenvalue weighted by molar-refractivity contribution is -0.123. The Morgan fingerprint density at radius 3 is 2.33 bits per heavy atom. The molecule has 0 aliphatic carbocycles. The second-order valence-electron chi connectivity index (χ2n) is 5.94. The zero-order chi connectivity index (χ0) is 14.3. The molecule has 2 unspecified atom stereocenters. The van der Waals surface area contributed by atoms with Crippen LogP contribution in [0, 0.1) is 11.3 Å². The smallest absolute Gasteiger partial charge is 0.220 e. The molecule has 0 aromatic carbocycles. The number of amidine groups is 1. The number of nitrogens with two attached hydrogens (primary N) is 1. The van der Waals surface area contributed by atoms with Crippen LogP contribution in [0.3, 0.4) is 0 Å². The fourth-order valence-electron chi connectivity index (χ4n) is 1.46. The van der Waals surface area contributed by atoms with Crippen LogP contribution >= 0.6 is 0 Å². The molecule has 0 aliphatic heterocycles. The molecule has 0 aromatic heterocycles. The minimum Gasteiger partial charge on any atom is -0.409 e. The van der Waals surface area contributed by atoms with E-state index in [9.17, 15) is 4.79 Å². The van der Waals surface area contributed by atoms with Crippen LogP contribution in [0.25, 0.3) is 0 Å². The number of hydrogen-bond donors (Lipinski definition) is 3. The van der Waals surface area contributed by atoms with E-state index in [1.54, 1.807) is 0 Å². The third-order valence-corrected chi connectivity index (χ3v) is 3.41. The first-order valence-electron chi connectivity index (χ1n) is 6.46. The Balaban J connectivity index is 4.28. The van der Waals surface area contributed by atoms with Crippen molar-refractivity contribution in [2.75, 3.05) is 0 Å². The van der Waals surface area contributed by atoms with Gasteiger partial charge < -0.3 is 16.3 Å². The lowest BCUT2D eigenvalue weighted by Gasteiger charge is -2.27. The fourth-order valence-corrected chi connectivity index (χ4v) is 1.46. The summed E-state index contributed by atoms with van der Waals surface area (Å²) in [7, 11) is 0. The summed E-state index contributed by atoms with van der Waals surface area (Å²) in [6, 6.07) is -0.0689. The topological polar surface area (TPSA) is 87.7 Å². The molecule has 0 fully saturated rings. The van der Waals surface area contributed by atoms with E-state index in [2.05, 4.69) is 38.2 Å². The van der Waals surface area contributed by atoms with E-state index in [-0.39, 0.29) is 23.2 Å². The van der Waals surface area contributed by atoms with Crippen LogP contribution in [0.2, 0.25) is 0 Å². The fraction of sp³-hybridized carbons (Fsp3) is 0.846. The lowest BCUT2D eigenvalue weighted by atomic mass is 9.80. The molecule has 0 saturated carbocycles. The molecule has 5 heteroatoms. The summed E-state index contributed by atoms with van der Waals surface area (Å²) in [5, 5.41) is 14.4. The van der Waals surface area contributed by atoms with Crippen molar-refractivity contribution < 1.29 is 10.0 Å². The van der Waals surface area contributed by atoms with Gasteiger partial charge >= 0.3 is 0 Å². The van der Waals surface area contributed by atoms with Crippen molar-refractivity contribution >= 4 is 11.7 Å². The first-order chi connectivity index (χ1) is 8.20. The van der Waals surface area contributed by atoms with Crippen LogP contribution < -0.4 is 11.1 Å². The average Bonchev–Trinajstić information content (AvgIpc) is 2.26. The van der Waals surface area contributed by atoms with E-state index in [1.165, 1.54) is 0 Å². The molecular weight excluding hydrogens is 230 g/mol. The molecule has 0 saturated heterocycles. The third kappa shape index (κ3) is 6.47. The van der Waals surface area contributed by atoms with Crippen molar-refractivity contribution in [2.45, 2.75) is 59.9 Å². The zero-order valence-corrected chi connectivity index (χ0v) is 12.2. The standard InChI is InChI=1S/C13H27N3O2/c1-6-10(8-11(14)16-18)15-12(17)7-9(2)13(3,4)5/h9-10,18H,6-8H2,1-5H3,(H2,14,16)(H,15,17). The van der Waals surface area contributed by atoms with Crippen molar-refractivity contribution in [3.8, 4) is 0 Å². The molecule has 4 N–H and O–H groups in total. The van der Waals surface area contributed by atoms with Gasteiger partial charge in [-0.2, -0.15) is 0 Å². The molecule has 2 atom stereocenters. The number of nitrogens with one attached hydrogen (secondary N) is 1. The Hall–Kier alpha value is -1.26. The van der Waals surface area contributed by atoms with Crippen LogP contribution in [-0.2, 0) is 4.79 Å². The Kier molecular flexibility index (Phi) is 6.73. The van der Waals surface area contributed by atoms with Crippen molar-refractivity contribution in [3.05, 3.63) is 0 Å². The van der Waals surface area contributed by atoms with Gasteiger partial charge in [-0.1, -0.05) is 39.8 Å².